The number of carbonyl (C=O) groups excluding carboxylic acids is 1. The van der Waals surface area contributed by atoms with Gasteiger partial charge in [0.05, 0.1) is 13.2 Å². The number of piperidine rings is 1. The number of aliphatic hydroxyl groups excluding tert-OH is 1. The SMILES string of the molecule is COCCC1(CO)CCCN(CC(N)=O)C1. The number of aliphatic hydroxyl groups is 1. The van der Waals surface area contributed by atoms with Crippen molar-refractivity contribution in [3.63, 3.8) is 0 Å². The summed E-state index contributed by atoms with van der Waals surface area (Å²) in [5.41, 5.74) is 5.06. The molecule has 0 spiro atoms. The van der Waals surface area contributed by atoms with E-state index in [-0.39, 0.29) is 24.5 Å². The Balaban J connectivity index is 2.53. The smallest absolute Gasteiger partial charge is 0.231 e. The van der Waals surface area contributed by atoms with Gasteiger partial charge in [-0.1, -0.05) is 0 Å². The van der Waals surface area contributed by atoms with Gasteiger partial charge < -0.3 is 15.6 Å². The van der Waals surface area contributed by atoms with Crippen LogP contribution in [0.5, 0.6) is 0 Å². The van der Waals surface area contributed by atoms with Crippen molar-refractivity contribution < 1.29 is 14.6 Å². The van der Waals surface area contributed by atoms with Crippen LogP contribution in [-0.4, -0.2) is 55.9 Å². The number of hydrogen-bond donors (Lipinski definition) is 2. The number of nitrogens with zero attached hydrogens (tertiary/aromatic N) is 1. The third-order valence-electron chi connectivity index (χ3n) is 3.29. The van der Waals surface area contributed by atoms with E-state index in [1.165, 1.54) is 0 Å². The fourth-order valence-electron chi connectivity index (χ4n) is 2.40. The molecule has 1 heterocycles. The number of methoxy groups -OCH3 is 1. The van der Waals surface area contributed by atoms with E-state index >= 15 is 0 Å². The quantitative estimate of drug-likeness (QED) is 0.650. The van der Waals surface area contributed by atoms with Crippen LogP contribution in [0.25, 0.3) is 0 Å². The standard InChI is InChI=1S/C11H22N2O3/c1-16-6-4-11(9-14)3-2-5-13(8-11)7-10(12)15/h14H,2-9H2,1H3,(H2,12,15). The molecular weight excluding hydrogens is 208 g/mol. The third kappa shape index (κ3) is 3.73. The number of hydrogen-bond acceptors (Lipinski definition) is 4. The predicted octanol–water partition coefficient (Wildman–Crippen LogP) is -0.417. The van der Waals surface area contributed by atoms with Gasteiger partial charge in [-0.2, -0.15) is 0 Å². The van der Waals surface area contributed by atoms with Crippen molar-refractivity contribution in [3.05, 3.63) is 0 Å². The van der Waals surface area contributed by atoms with Crippen LogP contribution in [0.2, 0.25) is 0 Å². The number of carbonyl (C=O) groups is 1. The molecule has 0 aromatic rings. The highest BCUT2D eigenvalue weighted by Crippen LogP contribution is 2.32. The highest BCUT2D eigenvalue weighted by atomic mass is 16.5. The van der Waals surface area contributed by atoms with E-state index in [4.69, 9.17) is 10.5 Å². The van der Waals surface area contributed by atoms with Crippen LogP contribution >= 0.6 is 0 Å². The molecule has 0 aliphatic carbocycles. The van der Waals surface area contributed by atoms with Crippen molar-refractivity contribution >= 4 is 5.91 Å². The first-order chi connectivity index (χ1) is 7.62. The average molecular weight is 230 g/mol. The van der Waals surface area contributed by atoms with E-state index in [1.54, 1.807) is 7.11 Å². The molecule has 1 fully saturated rings. The molecule has 1 aliphatic heterocycles. The van der Waals surface area contributed by atoms with Gasteiger partial charge in [-0.25, -0.2) is 0 Å². The molecule has 0 aromatic heterocycles. The predicted molar refractivity (Wildman–Crippen MR) is 60.9 cm³/mol. The van der Waals surface area contributed by atoms with E-state index in [2.05, 4.69) is 0 Å². The second kappa shape index (κ2) is 6.18. The molecule has 1 amide bonds. The maximum absolute atomic E-state index is 10.9. The molecule has 3 N–H and O–H groups in total. The minimum Gasteiger partial charge on any atom is -0.396 e. The first-order valence-electron chi connectivity index (χ1n) is 5.72. The van der Waals surface area contributed by atoms with Crippen molar-refractivity contribution in [1.82, 2.24) is 4.90 Å². The zero-order valence-electron chi connectivity index (χ0n) is 9.95. The third-order valence-corrected chi connectivity index (χ3v) is 3.29. The van der Waals surface area contributed by atoms with Gasteiger partial charge in [-0.05, 0) is 25.8 Å². The fraction of sp³-hybridized carbons (Fsp3) is 0.909. The lowest BCUT2D eigenvalue weighted by molar-refractivity contribution is -0.120. The Kier molecular flexibility index (Phi) is 5.18. The zero-order valence-corrected chi connectivity index (χ0v) is 9.95. The Labute approximate surface area is 96.6 Å². The summed E-state index contributed by atoms with van der Waals surface area (Å²) >= 11 is 0. The summed E-state index contributed by atoms with van der Waals surface area (Å²) in [5.74, 6) is -0.305. The molecule has 0 saturated carbocycles. The summed E-state index contributed by atoms with van der Waals surface area (Å²) in [6.07, 6.45) is 2.81. The highest BCUT2D eigenvalue weighted by molar-refractivity contribution is 5.75. The number of amides is 1. The molecule has 1 aliphatic rings. The van der Waals surface area contributed by atoms with Crippen molar-refractivity contribution in [2.45, 2.75) is 19.3 Å². The Bertz CT molecular complexity index is 235. The fourth-order valence-corrected chi connectivity index (χ4v) is 2.40. The first kappa shape index (κ1) is 13.4. The molecular formula is C11H22N2O3. The van der Waals surface area contributed by atoms with Gasteiger partial charge in [0.25, 0.3) is 0 Å². The average Bonchev–Trinajstić information content (AvgIpc) is 2.26. The summed E-state index contributed by atoms with van der Waals surface area (Å²) < 4.78 is 5.07. The van der Waals surface area contributed by atoms with Gasteiger partial charge in [0.1, 0.15) is 0 Å². The van der Waals surface area contributed by atoms with Crippen LogP contribution < -0.4 is 5.73 Å². The number of nitrogens with two attached hydrogens (primary N) is 1. The Morgan fingerprint density at radius 1 is 1.62 bits per heavy atom. The normalized spacial score (nSPS) is 26.9. The molecule has 1 unspecified atom stereocenters. The van der Waals surface area contributed by atoms with Crippen LogP contribution in [-0.2, 0) is 9.53 Å². The number of likely N-dealkylation sites (tertiary alicyclic amines) is 1. The van der Waals surface area contributed by atoms with Gasteiger partial charge in [0, 0.05) is 25.7 Å². The van der Waals surface area contributed by atoms with Crippen molar-refractivity contribution in [1.29, 1.82) is 0 Å². The van der Waals surface area contributed by atoms with Gasteiger partial charge in [0.15, 0.2) is 0 Å². The second-order valence-electron chi connectivity index (χ2n) is 4.68. The summed E-state index contributed by atoms with van der Waals surface area (Å²) in [6, 6.07) is 0. The Morgan fingerprint density at radius 2 is 2.38 bits per heavy atom. The van der Waals surface area contributed by atoms with Gasteiger partial charge >= 0.3 is 0 Å². The molecule has 1 atom stereocenters. The maximum atomic E-state index is 10.9. The Hall–Kier alpha value is -0.650. The summed E-state index contributed by atoms with van der Waals surface area (Å²) in [6.45, 7) is 2.69. The topological polar surface area (TPSA) is 75.8 Å². The number of primary amides is 1. The van der Waals surface area contributed by atoms with E-state index < -0.39 is 0 Å². The number of ether oxygens (including phenoxy) is 1. The van der Waals surface area contributed by atoms with Gasteiger partial charge in [-0.15, -0.1) is 0 Å². The van der Waals surface area contributed by atoms with Gasteiger partial charge in [0.2, 0.25) is 5.91 Å². The molecule has 1 rings (SSSR count). The molecule has 0 aromatic carbocycles. The van der Waals surface area contributed by atoms with E-state index in [0.717, 1.165) is 32.4 Å². The molecule has 16 heavy (non-hydrogen) atoms. The minimum absolute atomic E-state index is 0.121. The molecule has 0 radical (unpaired) electrons. The minimum atomic E-state index is -0.305. The molecule has 5 nitrogen and oxygen atoms in total. The maximum Gasteiger partial charge on any atom is 0.231 e. The summed E-state index contributed by atoms with van der Waals surface area (Å²) in [7, 11) is 1.66. The monoisotopic (exact) mass is 230 g/mol. The van der Waals surface area contributed by atoms with Crippen LogP contribution in [0, 0.1) is 5.41 Å². The lowest BCUT2D eigenvalue weighted by atomic mass is 9.78. The van der Waals surface area contributed by atoms with Crippen molar-refractivity contribution in [3.8, 4) is 0 Å². The van der Waals surface area contributed by atoms with Crippen LogP contribution in [0.15, 0.2) is 0 Å². The Morgan fingerprint density at radius 3 is 2.94 bits per heavy atom. The van der Waals surface area contributed by atoms with E-state index in [0.29, 0.717) is 6.61 Å². The lowest BCUT2D eigenvalue weighted by Crippen LogP contribution is -2.48. The zero-order chi connectivity index (χ0) is 12.0. The highest BCUT2D eigenvalue weighted by Gasteiger charge is 2.34. The lowest BCUT2D eigenvalue weighted by Gasteiger charge is -2.41. The second-order valence-corrected chi connectivity index (χ2v) is 4.68. The summed E-state index contributed by atoms with van der Waals surface area (Å²) in [4.78, 5) is 12.9. The van der Waals surface area contributed by atoms with Crippen molar-refractivity contribution in [2.24, 2.45) is 11.1 Å². The van der Waals surface area contributed by atoms with E-state index in [9.17, 15) is 9.90 Å². The molecule has 94 valence electrons. The molecule has 0 bridgehead atoms. The van der Waals surface area contributed by atoms with Crippen molar-refractivity contribution in [2.75, 3.05) is 40.0 Å². The van der Waals surface area contributed by atoms with E-state index in [1.807, 2.05) is 4.90 Å². The van der Waals surface area contributed by atoms with Gasteiger partial charge in [-0.3, -0.25) is 9.69 Å². The molecule has 1 saturated heterocycles. The largest absolute Gasteiger partial charge is 0.396 e. The van der Waals surface area contributed by atoms with Crippen LogP contribution in [0.1, 0.15) is 19.3 Å². The summed E-state index contributed by atoms with van der Waals surface area (Å²) in [5, 5.41) is 9.52. The van der Waals surface area contributed by atoms with Crippen LogP contribution in [0.3, 0.4) is 0 Å². The molecule has 5 heteroatoms. The van der Waals surface area contributed by atoms with Crippen LogP contribution in [0.4, 0.5) is 0 Å². The first-order valence-corrected chi connectivity index (χ1v) is 5.72. The number of rotatable bonds is 6.